The van der Waals surface area contributed by atoms with Crippen LogP contribution in [0.15, 0.2) is 48.1 Å². The molecule has 0 heterocycles. The van der Waals surface area contributed by atoms with Crippen LogP contribution in [0.3, 0.4) is 0 Å². The number of ether oxygens (including phenoxy) is 1. The lowest BCUT2D eigenvalue weighted by atomic mass is 10.1. The molecule has 0 aliphatic carbocycles. The molecule has 0 saturated heterocycles. The maximum absolute atomic E-state index is 11.6. The summed E-state index contributed by atoms with van der Waals surface area (Å²) in [6.07, 6.45) is 0.865. The van der Waals surface area contributed by atoms with Crippen LogP contribution < -0.4 is 0 Å². The molecule has 5 heteroatoms. The lowest BCUT2D eigenvalue weighted by Gasteiger charge is -2.02. The predicted molar refractivity (Wildman–Crippen MR) is 56.3 cm³/mol. The predicted octanol–water partition coefficient (Wildman–Crippen LogP) is 1.39. The second-order valence-corrected chi connectivity index (χ2v) is 2.73. The van der Waals surface area contributed by atoms with E-state index in [0.29, 0.717) is 0 Å². The fraction of sp³-hybridized carbons (Fsp3) is 0. The Morgan fingerprint density at radius 2 is 1.94 bits per heavy atom. The van der Waals surface area contributed by atoms with Gasteiger partial charge in [0.15, 0.2) is 0 Å². The van der Waals surface area contributed by atoms with Gasteiger partial charge < -0.3 is 9.94 Å². The number of hydrogen-bond acceptors (Lipinski definition) is 5. The Kier molecular flexibility index (Phi) is 3.97. The van der Waals surface area contributed by atoms with Crippen LogP contribution in [0.1, 0.15) is 10.4 Å². The van der Waals surface area contributed by atoms with Crippen LogP contribution in [0.5, 0.6) is 0 Å². The van der Waals surface area contributed by atoms with Gasteiger partial charge in [-0.05, 0) is 5.16 Å². The largest absolute Gasteiger partial charge is 0.408 e. The Labute approximate surface area is 91.6 Å². The first-order chi connectivity index (χ1) is 7.69. The Bertz CT molecular complexity index is 437. The summed E-state index contributed by atoms with van der Waals surface area (Å²) in [5.74, 6) is -2.23. The maximum atomic E-state index is 11.6. The molecule has 0 unspecified atom stereocenters. The first-order valence-electron chi connectivity index (χ1n) is 4.35. The van der Waals surface area contributed by atoms with Gasteiger partial charge in [-0.3, -0.25) is 4.79 Å². The quantitative estimate of drug-likeness (QED) is 0.158. The maximum Gasteiger partial charge on any atom is 0.337 e. The second kappa shape index (κ2) is 5.45. The lowest BCUT2D eigenvalue weighted by molar-refractivity contribution is -0.130. The number of carbonyl (C=O) groups excluding carboxylic acids is 2. The summed E-state index contributed by atoms with van der Waals surface area (Å²) in [7, 11) is 0. The number of Topliss-reactive ketones (excluding diaryl/α,β-unsaturated/α-hetero) is 1. The number of oxime groups is 1. The third-order valence-corrected chi connectivity index (χ3v) is 1.68. The molecule has 1 rings (SSSR count). The van der Waals surface area contributed by atoms with Crippen LogP contribution in [0, 0.1) is 0 Å². The third-order valence-electron chi connectivity index (χ3n) is 1.68. The smallest absolute Gasteiger partial charge is 0.337 e. The zero-order valence-corrected chi connectivity index (χ0v) is 8.29. The van der Waals surface area contributed by atoms with Crippen LogP contribution >= 0.6 is 0 Å². The summed E-state index contributed by atoms with van der Waals surface area (Å²) in [4.78, 5) is 22.5. The van der Waals surface area contributed by atoms with Crippen LogP contribution in [0.4, 0.5) is 0 Å². The van der Waals surface area contributed by atoms with E-state index in [0.717, 1.165) is 6.08 Å². The Balaban J connectivity index is 2.87. The van der Waals surface area contributed by atoms with Gasteiger partial charge in [0.1, 0.15) is 0 Å². The van der Waals surface area contributed by atoms with Crippen LogP contribution in [0.2, 0.25) is 0 Å². The van der Waals surface area contributed by atoms with E-state index in [1.807, 2.05) is 0 Å². The normalized spacial score (nSPS) is 10.6. The molecule has 0 atom stereocenters. The molecular formula is C11H9NO4. The van der Waals surface area contributed by atoms with Crippen molar-refractivity contribution in [3.05, 3.63) is 48.6 Å². The molecular weight excluding hydrogens is 210 g/mol. The van der Waals surface area contributed by atoms with Gasteiger partial charge in [0.05, 0.1) is 0 Å². The van der Waals surface area contributed by atoms with Gasteiger partial charge in [0.25, 0.3) is 5.78 Å². The topological polar surface area (TPSA) is 76.0 Å². The van der Waals surface area contributed by atoms with Crippen LogP contribution in [-0.4, -0.2) is 22.9 Å². The first-order valence-corrected chi connectivity index (χ1v) is 4.35. The molecule has 1 aromatic carbocycles. The van der Waals surface area contributed by atoms with Crippen LogP contribution in [0.25, 0.3) is 0 Å². The Morgan fingerprint density at radius 1 is 1.31 bits per heavy atom. The number of nitrogens with zero attached hydrogens (tertiary/aromatic N) is 1. The molecule has 1 aromatic rings. The highest BCUT2D eigenvalue weighted by molar-refractivity contribution is 6.44. The summed E-state index contributed by atoms with van der Waals surface area (Å²) in [5.41, 5.74) is 0.257. The molecule has 0 fully saturated rings. The number of carbonyl (C=O) groups is 2. The third kappa shape index (κ3) is 2.78. The van der Waals surface area contributed by atoms with Gasteiger partial charge in [-0.25, -0.2) is 4.79 Å². The highest BCUT2D eigenvalue weighted by Crippen LogP contribution is 2.02. The van der Waals surface area contributed by atoms with E-state index in [1.54, 1.807) is 18.2 Å². The van der Waals surface area contributed by atoms with Gasteiger partial charge in [0, 0.05) is 11.6 Å². The van der Waals surface area contributed by atoms with Crippen molar-refractivity contribution in [1.29, 1.82) is 0 Å². The van der Waals surface area contributed by atoms with E-state index in [-0.39, 0.29) is 5.56 Å². The summed E-state index contributed by atoms with van der Waals surface area (Å²) in [6, 6.07) is 8.02. The highest BCUT2D eigenvalue weighted by atomic mass is 16.6. The molecule has 0 amide bonds. The van der Waals surface area contributed by atoms with Crippen molar-refractivity contribution in [2.45, 2.75) is 0 Å². The minimum atomic E-state index is -0.864. The molecule has 16 heavy (non-hydrogen) atoms. The zero-order chi connectivity index (χ0) is 12.0. The van der Waals surface area contributed by atoms with Gasteiger partial charge in [-0.2, -0.15) is 0 Å². The van der Waals surface area contributed by atoms with Crippen molar-refractivity contribution in [2.75, 3.05) is 0 Å². The van der Waals surface area contributed by atoms with Gasteiger partial charge in [-0.15, -0.1) is 0 Å². The number of rotatable bonds is 3. The number of ketones is 1. The minimum Gasteiger partial charge on any atom is -0.408 e. The monoisotopic (exact) mass is 219 g/mol. The molecule has 1 N–H and O–H groups in total. The molecule has 0 aliphatic heterocycles. The summed E-state index contributed by atoms with van der Waals surface area (Å²) < 4.78 is 4.46. The van der Waals surface area contributed by atoms with Gasteiger partial charge in [0.2, 0.25) is 0 Å². The summed E-state index contributed by atoms with van der Waals surface area (Å²) in [5, 5.41) is 11.2. The summed E-state index contributed by atoms with van der Waals surface area (Å²) in [6.45, 7) is 3.16. The standard InChI is InChI=1S/C11H9NO4/c1-2-9(13)16-11(12-15)10(14)8-6-4-3-5-7-8/h2-7,15H,1H2. The van der Waals surface area contributed by atoms with E-state index in [4.69, 9.17) is 5.21 Å². The van der Waals surface area contributed by atoms with Crippen molar-refractivity contribution in [1.82, 2.24) is 0 Å². The second-order valence-electron chi connectivity index (χ2n) is 2.73. The van der Waals surface area contributed by atoms with Crippen molar-refractivity contribution < 1.29 is 19.5 Å². The van der Waals surface area contributed by atoms with E-state index in [1.165, 1.54) is 12.1 Å². The molecule has 82 valence electrons. The van der Waals surface area contributed by atoms with E-state index >= 15 is 0 Å². The van der Waals surface area contributed by atoms with E-state index < -0.39 is 17.7 Å². The van der Waals surface area contributed by atoms with Gasteiger partial charge >= 0.3 is 11.9 Å². The molecule has 0 radical (unpaired) electrons. The van der Waals surface area contributed by atoms with Crippen molar-refractivity contribution in [2.24, 2.45) is 5.16 Å². The average Bonchev–Trinajstić information content (AvgIpc) is 2.35. The van der Waals surface area contributed by atoms with E-state index in [2.05, 4.69) is 16.5 Å². The average molecular weight is 219 g/mol. The SMILES string of the molecule is C=CC(=O)OC(=NO)C(=O)c1ccccc1. The van der Waals surface area contributed by atoms with Crippen molar-refractivity contribution in [3.8, 4) is 0 Å². The Hall–Kier alpha value is -2.43. The minimum absolute atomic E-state index is 0.257. The Morgan fingerprint density at radius 3 is 2.44 bits per heavy atom. The fourth-order valence-electron chi connectivity index (χ4n) is 0.962. The molecule has 0 aliphatic rings. The molecule has 5 nitrogen and oxygen atoms in total. The number of esters is 1. The molecule has 0 spiro atoms. The number of hydrogen-bond donors (Lipinski definition) is 1. The van der Waals surface area contributed by atoms with E-state index in [9.17, 15) is 9.59 Å². The zero-order valence-electron chi connectivity index (χ0n) is 8.29. The highest BCUT2D eigenvalue weighted by Gasteiger charge is 2.18. The molecule has 0 aromatic heterocycles. The fourth-order valence-corrected chi connectivity index (χ4v) is 0.962. The summed E-state index contributed by atoms with van der Waals surface area (Å²) >= 11 is 0. The lowest BCUT2D eigenvalue weighted by Crippen LogP contribution is -2.20. The van der Waals surface area contributed by atoms with Crippen LogP contribution in [-0.2, 0) is 9.53 Å². The van der Waals surface area contributed by atoms with Gasteiger partial charge in [-0.1, -0.05) is 36.9 Å². The van der Waals surface area contributed by atoms with Crippen molar-refractivity contribution >= 4 is 17.7 Å². The molecule has 0 saturated carbocycles. The number of benzene rings is 1. The first kappa shape index (κ1) is 11.6. The molecule has 0 bridgehead atoms. The van der Waals surface area contributed by atoms with Crippen molar-refractivity contribution in [3.63, 3.8) is 0 Å².